The lowest BCUT2D eigenvalue weighted by atomic mass is 10.0. The average molecular weight is 468 g/mol. The van der Waals surface area contributed by atoms with Gasteiger partial charge in [-0.05, 0) is 48.0 Å². The molecule has 1 aromatic heterocycles. The summed E-state index contributed by atoms with van der Waals surface area (Å²) >= 11 is 0. The maximum atomic E-state index is 14.1. The van der Waals surface area contributed by atoms with Crippen molar-refractivity contribution in [2.24, 2.45) is 0 Å². The maximum Gasteiger partial charge on any atom is 0.293 e. The Labute approximate surface area is 200 Å². The number of carbonyl (C=O) groups is 2. The van der Waals surface area contributed by atoms with Gasteiger partial charge in [-0.1, -0.05) is 54.6 Å². The molecule has 0 saturated carbocycles. The van der Waals surface area contributed by atoms with Crippen molar-refractivity contribution >= 4 is 44.9 Å². The van der Waals surface area contributed by atoms with Crippen molar-refractivity contribution in [1.29, 1.82) is 0 Å². The Balaban J connectivity index is 1.58. The van der Waals surface area contributed by atoms with Gasteiger partial charge < -0.3 is 19.8 Å². The van der Waals surface area contributed by atoms with Gasteiger partial charge in [0.05, 0.1) is 17.9 Å². The van der Waals surface area contributed by atoms with Crippen molar-refractivity contribution in [3.8, 4) is 5.75 Å². The van der Waals surface area contributed by atoms with Crippen LogP contribution in [-0.4, -0.2) is 18.4 Å². The van der Waals surface area contributed by atoms with Crippen molar-refractivity contribution < 1.29 is 23.1 Å². The molecule has 5 aromatic rings. The number of furan rings is 1. The lowest BCUT2D eigenvalue weighted by Gasteiger charge is -2.14. The molecule has 1 heterocycles. The molecule has 0 unspecified atom stereocenters. The van der Waals surface area contributed by atoms with Crippen LogP contribution in [0.3, 0.4) is 0 Å². The van der Waals surface area contributed by atoms with E-state index in [-0.39, 0.29) is 17.1 Å². The van der Waals surface area contributed by atoms with Crippen LogP contribution in [0.15, 0.2) is 89.3 Å². The van der Waals surface area contributed by atoms with Gasteiger partial charge in [0.15, 0.2) is 0 Å². The predicted octanol–water partition coefficient (Wildman–Crippen LogP) is 6.63. The van der Waals surface area contributed by atoms with Gasteiger partial charge in [-0.25, -0.2) is 4.39 Å². The first-order valence-corrected chi connectivity index (χ1v) is 11.1. The zero-order chi connectivity index (χ0) is 24.4. The Morgan fingerprint density at radius 1 is 0.829 bits per heavy atom. The molecule has 0 bridgehead atoms. The molecule has 174 valence electrons. The third kappa shape index (κ3) is 4.19. The van der Waals surface area contributed by atoms with Gasteiger partial charge in [0.1, 0.15) is 22.8 Å². The molecule has 0 radical (unpaired) electrons. The summed E-state index contributed by atoms with van der Waals surface area (Å²) in [5.41, 5.74) is 0.942. The summed E-state index contributed by atoms with van der Waals surface area (Å²) < 4.78 is 25.7. The van der Waals surface area contributed by atoms with E-state index < -0.39 is 17.6 Å². The highest BCUT2D eigenvalue weighted by Crippen LogP contribution is 2.34. The van der Waals surface area contributed by atoms with Gasteiger partial charge in [0.25, 0.3) is 11.8 Å². The number of nitrogens with one attached hydrogen (secondary N) is 2. The number of halogens is 1. The number of carbonyl (C=O) groups excluding carboxylic acids is 2. The van der Waals surface area contributed by atoms with E-state index in [0.717, 1.165) is 5.39 Å². The lowest BCUT2D eigenvalue weighted by molar-refractivity contribution is 0.0999. The van der Waals surface area contributed by atoms with Gasteiger partial charge in [0, 0.05) is 5.39 Å². The highest BCUT2D eigenvalue weighted by atomic mass is 19.1. The molecular formula is C28H21FN2O4. The van der Waals surface area contributed by atoms with Crippen LogP contribution < -0.4 is 15.4 Å². The first kappa shape index (κ1) is 22.2. The molecule has 0 aliphatic heterocycles. The summed E-state index contributed by atoms with van der Waals surface area (Å²) in [5.74, 6) is -1.45. The van der Waals surface area contributed by atoms with Crippen LogP contribution in [0.1, 0.15) is 27.8 Å². The summed E-state index contributed by atoms with van der Waals surface area (Å²) in [6.07, 6.45) is 0. The van der Waals surface area contributed by atoms with Gasteiger partial charge in [-0.15, -0.1) is 0 Å². The fraction of sp³-hybridized carbons (Fsp3) is 0.0714. The number of rotatable bonds is 6. The van der Waals surface area contributed by atoms with E-state index in [1.54, 1.807) is 36.4 Å². The normalized spacial score (nSPS) is 10.9. The summed E-state index contributed by atoms with van der Waals surface area (Å²) in [6, 6.07) is 23.9. The second-order valence-electron chi connectivity index (χ2n) is 7.78. The molecule has 2 N–H and O–H groups in total. The SMILES string of the molecule is CCOc1ccc2ccccc2c1C(=O)Nc1c(C(=O)Nc2ccccc2F)oc2ccccc12. The standard InChI is InChI=1S/C28H21FN2O4/c1-2-34-23-16-15-17-9-3-4-10-18(17)24(23)27(32)31-25-19-11-5-8-14-22(19)35-26(25)28(33)30-21-13-7-6-12-20(21)29/h3-16H,2H2,1H3,(H,30,33)(H,31,32). The van der Waals surface area contributed by atoms with Gasteiger partial charge >= 0.3 is 0 Å². The number of hydrogen-bond donors (Lipinski definition) is 2. The van der Waals surface area contributed by atoms with Crippen molar-refractivity contribution in [3.63, 3.8) is 0 Å². The molecule has 0 saturated heterocycles. The molecule has 0 atom stereocenters. The lowest BCUT2D eigenvalue weighted by Crippen LogP contribution is -2.18. The Morgan fingerprint density at radius 2 is 1.54 bits per heavy atom. The minimum absolute atomic E-state index is 0.00270. The number of anilines is 2. The number of para-hydroxylation sites is 2. The predicted molar refractivity (Wildman–Crippen MR) is 134 cm³/mol. The Bertz CT molecular complexity index is 1570. The minimum Gasteiger partial charge on any atom is -0.493 e. The van der Waals surface area contributed by atoms with E-state index in [9.17, 15) is 14.0 Å². The largest absolute Gasteiger partial charge is 0.493 e. The maximum absolute atomic E-state index is 14.1. The molecule has 35 heavy (non-hydrogen) atoms. The molecule has 2 amide bonds. The third-order valence-electron chi connectivity index (χ3n) is 5.58. The molecule has 6 nitrogen and oxygen atoms in total. The molecule has 0 fully saturated rings. The Hall–Kier alpha value is -4.65. The van der Waals surface area contributed by atoms with Crippen molar-refractivity contribution in [2.45, 2.75) is 6.92 Å². The van der Waals surface area contributed by atoms with E-state index in [1.165, 1.54) is 18.2 Å². The van der Waals surface area contributed by atoms with Crippen molar-refractivity contribution in [2.75, 3.05) is 17.2 Å². The van der Waals surface area contributed by atoms with Gasteiger partial charge in [-0.2, -0.15) is 0 Å². The highest BCUT2D eigenvalue weighted by Gasteiger charge is 2.25. The van der Waals surface area contributed by atoms with Gasteiger partial charge in [-0.3, -0.25) is 9.59 Å². The number of amides is 2. The molecular weight excluding hydrogens is 447 g/mol. The van der Waals surface area contributed by atoms with Crippen LogP contribution in [0, 0.1) is 5.82 Å². The van der Waals surface area contributed by atoms with Crippen LogP contribution in [0.4, 0.5) is 15.8 Å². The van der Waals surface area contributed by atoms with E-state index in [4.69, 9.17) is 9.15 Å². The first-order valence-electron chi connectivity index (χ1n) is 11.1. The second kappa shape index (κ2) is 9.30. The Kier molecular flexibility index (Phi) is 5.89. The van der Waals surface area contributed by atoms with Crippen LogP contribution in [-0.2, 0) is 0 Å². The summed E-state index contributed by atoms with van der Waals surface area (Å²) in [4.78, 5) is 26.7. The van der Waals surface area contributed by atoms with Crippen LogP contribution in [0.2, 0.25) is 0 Å². The number of benzene rings is 4. The minimum atomic E-state index is -0.690. The van der Waals surface area contributed by atoms with E-state index in [2.05, 4.69) is 10.6 Å². The van der Waals surface area contributed by atoms with E-state index in [1.807, 2.05) is 37.3 Å². The first-order chi connectivity index (χ1) is 17.1. The van der Waals surface area contributed by atoms with Crippen LogP contribution >= 0.6 is 0 Å². The quantitative estimate of drug-likeness (QED) is 0.293. The van der Waals surface area contributed by atoms with Crippen LogP contribution in [0.25, 0.3) is 21.7 Å². The topological polar surface area (TPSA) is 80.6 Å². The van der Waals surface area contributed by atoms with Crippen molar-refractivity contribution in [3.05, 3.63) is 102 Å². The monoisotopic (exact) mass is 468 g/mol. The van der Waals surface area contributed by atoms with Crippen molar-refractivity contribution in [1.82, 2.24) is 0 Å². The Morgan fingerprint density at radius 3 is 2.34 bits per heavy atom. The second-order valence-corrected chi connectivity index (χ2v) is 7.78. The summed E-state index contributed by atoms with van der Waals surface area (Å²) in [5, 5.41) is 7.49. The third-order valence-corrected chi connectivity index (χ3v) is 5.58. The number of fused-ring (bicyclic) bond motifs is 2. The van der Waals surface area contributed by atoms with Gasteiger partial charge in [0.2, 0.25) is 5.76 Å². The molecule has 7 heteroatoms. The zero-order valence-corrected chi connectivity index (χ0v) is 18.8. The summed E-state index contributed by atoms with van der Waals surface area (Å²) in [6.45, 7) is 2.22. The molecule has 5 rings (SSSR count). The fourth-order valence-corrected chi connectivity index (χ4v) is 4.01. The van der Waals surface area contributed by atoms with E-state index >= 15 is 0 Å². The molecule has 0 aliphatic rings. The fourth-order valence-electron chi connectivity index (χ4n) is 4.01. The average Bonchev–Trinajstić information content (AvgIpc) is 3.24. The van der Waals surface area contributed by atoms with E-state index in [0.29, 0.717) is 34.3 Å². The molecule has 4 aromatic carbocycles. The highest BCUT2D eigenvalue weighted by molar-refractivity contribution is 6.20. The molecule has 0 spiro atoms. The zero-order valence-electron chi connectivity index (χ0n) is 18.8. The number of hydrogen-bond acceptors (Lipinski definition) is 4. The van der Waals surface area contributed by atoms with Crippen LogP contribution in [0.5, 0.6) is 5.75 Å². The number of ether oxygens (including phenoxy) is 1. The smallest absolute Gasteiger partial charge is 0.293 e. The summed E-state index contributed by atoms with van der Waals surface area (Å²) in [7, 11) is 0. The molecule has 0 aliphatic carbocycles.